The highest BCUT2D eigenvalue weighted by Gasteiger charge is 2.27. The second kappa shape index (κ2) is 6.19. The third-order valence-corrected chi connectivity index (χ3v) is 5.32. The molecule has 1 saturated carbocycles. The highest BCUT2D eigenvalue weighted by atomic mass is 32.2. The molecule has 3 heterocycles. The third kappa shape index (κ3) is 3.44. The Hall–Kier alpha value is -2.78. The van der Waals surface area contributed by atoms with Gasteiger partial charge in [0.2, 0.25) is 0 Å². The Kier molecular flexibility index (Phi) is 3.97. The lowest BCUT2D eigenvalue weighted by Gasteiger charge is -2.11. The van der Waals surface area contributed by atoms with E-state index in [1.807, 2.05) is 19.1 Å². The Morgan fingerprint density at radius 3 is 2.77 bits per heavy atom. The van der Waals surface area contributed by atoms with E-state index in [0.717, 1.165) is 29.4 Å². The van der Waals surface area contributed by atoms with Crippen LogP contribution in [-0.2, 0) is 10.2 Å². The van der Waals surface area contributed by atoms with Crippen LogP contribution in [-0.4, -0.2) is 29.4 Å². The smallest absolute Gasteiger partial charge is 0.300 e. The molecule has 4 N–H and O–H groups in total. The quantitative estimate of drug-likeness (QED) is 0.631. The average molecular weight is 370 g/mol. The first-order valence-corrected chi connectivity index (χ1v) is 9.67. The topological polar surface area (TPSA) is 123 Å². The lowest BCUT2D eigenvalue weighted by atomic mass is 10.1. The Morgan fingerprint density at radius 2 is 2.04 bits per heavy atom. The van der Waals surface area contributed by atoms with Crippen LogP contribution in [0.15, 0.2) is 36.8 Å². The van der Waals surface area contributed by atoms with Crippen LogP contribution in [0.2, 0.25) is 0 Å². The molecule has 4 rings (SSSR count). The zero-order valence-corrected chi connectivity index (χ0v) is 14.9. The molecule has 0 aliphatic heterocycles. The first-order valence-electron chi connectivity index (χ1n) is 8.18. The van der Waals surface area contributed by atoms with Gasteiger partial charge in [0, 0.05) is 35.6 Å². The van der Waals surface area contributed by atoms with E-state index >= 15 is 0 Å². The van der Waals surface area contributed by atoms with Gasteiger partial charge in [0.25, 0.3) is 0 Å². The van der Waals surface area contributed by atoms with E-state index < -0.39 is 10.2 Å². The molecule has 0 spiro atoms. The largest absolute Gasteiger partial charge is 0.383 e. The summed E-state index contributed by atoms with van der Waals surface area (Å²) in [6, 6.07) is 5.42. The van der Waals surface area contributed by atoms with Gasteiger partial charge in [-0.1, -0.05) is 0 Å². The maximum atomic E-state index is 12.1. The fourth-order valence-corrected chi connectivity index (χ4v) is 3.81. The molecule has 1 aliphatic carbocycles. The summed E-state index contributed by atoms with van der Waals surface area (Å²) in [7, 11) is -3.64. The first kappa shape index (κ1) is 16.7. The molecule has 3 aromatic rings. The van der Waals surface area contributed by atoms with Crippen LogP contribution in [0.25, 0.3) is 22.0 Å². The number of pyridine rings is 3. The van der Waals surface area contributed by atoms with Gasteiger partial charge in [-0.05, 0) is 48.9 Å². The number of nitrogens with one attached hydrogen (secondary N) is 2. The predicted octanol–water partition coefficient (Wildman–Crippen LogP) is 1.99. The van der Waals surface area contributed by atoms with E-state index in [-0.39, 0.29) is 11.9 Å². The highest BCUT2D eigenvalue weighted by molar-refractivity contribution is 7.90. The van der Waals surface area contributed by atoms with Crippen LogP contribution < -0.4 is 15.2 Å². The average Bonchev–Trinajstić information content (AvgIpc) is 3.37. The summed E-state index contributed by atoms with van der Waals surface area (Å²) in [5, 5.41) is 1.41. The van der Waals surface area contributed by atoms with Gasteiger partial charge < -0.3 is 5.73 Å². The van der Waals surface area contributed by atoms with Crippen LogP contribution in [0.4, 0.5) is 11.6 Å². The summed E-state index contributed by atoms with van der Waals surface area (Å²) in [6.45, 7) is 1.97. The van der Waals surface area contributed by atoms with Crippen LogP contribution in [0.1, 0.15) is 18.4 Å². The molecule has 26 heavy (non-hydrogen) atoms. The molecular weight excluding hydrogens is 352 g/mol. The lowest BCUT2D eigenvalue weighted by molar-refractivity contribution is 0.586. The van der Waals surface area contributed by atoms with Crippen molar-refractivity contribution in [3.63, 3.8) is 0 Å². The minimum Gasteiger partial charge on any atom is -0.383 e. The Balaban J connectivity index is 1.73. The van der Waals surface area contributed by atoms with Crippen LogP contribution in [0.5, 0.6) is 0 Å². The van der Waals surface area contributed by atoms with Crippen LogP contribution in [0.3, 0.4) is 0 Å². The van der Waals surface area contributed by atoms with E-state index in [2.05, 4.69) is 24.4 Å². The normalized spacial score (nSPS) is 14.5. The molecule has 8 nitrogen and oxygen atoms in total. The van der Waals surface area contributed by atoms with Gasteiger partial charge >= 0.3 is 10.2 Å². The number of aromatic nitrogens is 3. The second-order valence-electron chi connectivity index (χ2n) is 6.37. The molecule has 3 aromatic heterocycles. The molecular formula is C17H18N6O2S. The van der Waals surface area contributed by atoms with E-state index in [1.54, 1.807) is 18.5 Å². The first-order chi connectivity index (χ1) is 12.4. The summed E-state index contributed by atoms with van der Waals surface area (Å²) in [6.07, 6.45) is 6.69. The van der Waals surface area contributed by atoms with Crippen molar-refractivity contribution in [2.24, 2.45) is 0 Å². The molecule has 0 aromatic carbocycles. The van der Waals surface area contributed by atoms with Gasteiger partial charge in [-0.3, -0.25) is 9.71 Å². The summed E-state index contributed by atoms with van der Waals surface area (Å²) in [5.74, 6) is 0.559. The Morgan fingerprint density at radius 1 is 1.23 bits per heavy atom. The highest BCUT2D eigenvalue weighted by Crippen LogP contribution is 2.28. The van der Waals surface area contributed by atoms with Gasteiger partial charge in [-0.15, -0.1) is 0 Å². The summed E-state index contributed by atoms with van der Waals surface area (Å²) >= 11 is 0. The minimum absolute atomic E-state index is 0.0213. The van der Waals surface area contributed by atoms with Crippen molar-refractivity contribution in [3.8, 4) is 11.3 Å². The standard InChI is InChI=1S/C17H18N6O2S/c1-10-4-5-19-8-13(10)15-6-11-7-16(20-9-14(11)17(18)21-15)23-26(24,25)22-12-2-3-12/h4-9,12,22H,2-3H2,1H3,(H2,18,21)(H,20,23). The lowest BCUT2D eigenvalue weighted by Crippen LogP contribution is -2.32. The van der Waals surface area contributed by atoms with Gasteiger partial charge in [0.1, 0.15) is 11.6 Å². The summed E-state index contributed by atoms with van der Waals surface area (Å²) in [4.78, 5) is 12.7. The molecule has 0 saturated heterocycles. The molecule has 9 heteroatoms. The zero-order valence-electron chi connectivity index (χ0n) is 14.1. The number of nitrogens with zero attached hydrogens (tertiary/aromatic N) is 3. The molecule has 0 unspecified atom stereocenters. The molecule has 0 bridgehead atoms. The fraction of sp³-hybridized carbons (Fsp3) is 0.235. The van der Waals surface area contributed by atoms with Crippen molar-refractivity contribution >= 4 is 32.6 Å². The van der Waals surface area contributed by atoms with Crippen LogP contribution >= 0.6 is 0 Å². The second-order valence-corrected chi connectivity index (χ2v) is 7.82. The van der Waals surface area contributed by atoms with Gasteiger partial charge in [0.05, 0.1) is 5.69 Å². The van der Waals surface area contributed by atoms with Crippen molar-refractivity contribution in [2.75, 3.05) is 10.5 Å². The minimum atomic E-state index is -3.64. The third-order valence-electron chi connectivity index (χ3n) is 4.20. The summed E-state index contributed by atoms with van der Waals surface area (Å²) in [5.41, 5.74) is 8.64. The molecule has 134 valence electrons. The number of fused-ring (bicyclic) bond motifs is 1. The van der Waals surface area contributed by atoms with E-state index in [0.29, 0.717) is 16.9 Å². The van der Waals surface area contributed by atoms with Crippen molar-refractivity contribution < 1.29 is 8.42 Å². The summed E-state index contributed by atoms with van der Waals surface area (Å²) < 4.78 is 29.2. The molecule has 0 atom stereocenters. The van der Waals surface area contributed by atoms with Crippen molar-refractivity contribution in [1.29, 1.82) is 0 Å². The SMILES string of the molecule is Cc1ccncc1-c1cc2cc(NS(=O)(=O)NC3CC3)ncc2c(N)n1. The fourth-order valence-electron chi connectivity index (χ4n) is 2.69. The number of anilines is 2. The zero-order chi connectivity index (χ0) is 18.3. The van der Waals surface area contributed by atoms with Gasteiger partial charge in [-0.25, -0.2) is 9.97 Å². The number of hydrogen-bond donors (Lipinski definition) is 3. The van der Waals surface area contributed by atoms with Gasteiger partial charge in [0.15, 0.2) is 0 Å². The molecule has 1 aliphatic rings. The maximum absolute atomic E-state index is 12.1. The number of nitrogens with two attached hydrogens (primary N) is 1. The Bertz CT molecular complexity index is 1100. The Labute approximate surface area is 151 Å². The van der Waals surface area contributed by atoms with Crippen molar-refractivity contribution in [3.05, 3.63) is 42.4 Å². The number of hydrogen-bond acceptors (Lipinski definition) is 6. The number of nitrogen functional groups attached to an aromatic ring is 1. The molecule has 1 fully saturated rings. The van der Waals surface area contributed by atoms with Gasteiger partial charge in [-0.2, -0.15) is 13.1 Å². The number of aryl methyl sites for hydroxylation is 1. The van der Waals surface area contributed by atoms with E-state index in [1.165, 1.54) is 6.20 Å². The van der Waals surface area contributed by atoms with Crippen LogP contribution in [0, 0.1) is 6.92 Å². The van der Waals surface area contributed by atoms with Crippen molar-refractivity contribution in [2.45, 2.75) is 25.8 Å². The molecule has 0 amide bonds. The maximum Gasteiger partial charge on any atom is 0.300 e. The van der Waals surface area contributed by atoms with E-state index in [9.17, 15) is 8.42 Å². The molecule has 0 radical (unpaired) electrons. The number of rotatable bonds is 5. The van der Waals surface area contributed by atoms with Crippen molar-refractivity contribution in [1.82, 2.24) is 19.7 Å². The predicted molar refractivity (Wildman–Crippen MR) is 101 cm³/mol. The monoisotopic (exact) mass is 370 g/mol. The van der Waals surface area contributed by atoms with E-state index in [4.69, 9.17) is 5.73 Å².